The van der Waals surface area contributed by atoms with Crippen molar-refractivity contribution in [3.63, 3.8) is 0 Å². The van der Waals surface area contributed by atoms with Crippen LogP contribution in [0.15, 0.2) is 0 Å². The summed E-state index contributed by atoms with van der Waals surface area (Å²) in [6, 6.07) is 0. The first-order chi connectivity index (χ1) is 6.92. The van der Waals surface area contributed by atoms with Crippen molar-refractivity contribution < 1.29 is 9.31 Å². The number of hydrogen-bond acceptors (Lipinski definition) is 3. The van der Waals surface area contributed by atoms with Gasteiger partial charge < -0.3 is 9.31 Å². The van der Waals surface area contributed by atoms with Crippen LogP contribution in [-0.2, 0) is 9.31 Å². The number of nitrogens with zero attached hydrogens (tertiary/aromatic N) is 1. The Bertz CT molecular complexity index is 221. The summed E-state index contributed by atoms with van der Waals surface area (Å²) in [6.07, 6.45) is 3.88. The van der Waals surface area contributed by atoms with Gasteiger partial charge in [0, 0.05) is 0 Å². The lowest BCUT2D eigenvalue weighted by Crippen LogP contribution is -2.45. The molecule has 0 atom stereocenters. The van der Waals surface area contributed by atoms with Crippen molar-refractivity contribution in [2.45, 2.75) is 58.2 Å². The highest BCUT2D eigenvalue weighted by molar-refractivity contribution is 6.42. The zero-order chi connectivity index (χ0) is 11.1. The number of hydrogen-bond donors (Lipinski definition) is 0. The third-order valence-corrected chi connectivity index (χ3v) is 3.93. The van der Waals surface area contributed by atoms with Gasteiger partial charge in [0.2, 0.25) is 0 Å². The Morgan fingerprint density at radius 1 is 0.867 bits per heavy atom. The van der Waals surface area contributed by atoms with Gasteiger partial charge in [-0.05, 0) is 53.6 Å². The van der Waals surface area contributed by atoms with Gasteiger partial charge in [0.1, 0.15) is 0 Å². The topological polar surface area (TPSA) is 21.7 Å². The molecular formula is C11H22BNO2. The molecule has 0 aliphatic carbocycles. The summed E-state index contributed by atoms with van der Waals surface area (Å²) < 4.78 is 12.0. The van der Waals surface area contributed by atoms with E-state index in [9.17, 15) is 0 Å². The highest BCUT2D eigenvalue weighted by atomic mass is 16.7. The van der Waals surface area contributed by atoms with E-state index < -0.39 is 0 Å². The Labute approximate surface area is 93.3 Å². The van der Waals surface area contributed by atoms with Gasteiger partial charge in [-0.15, -0.1) is 0 Å². The molecule has 2 aliphatic rings. The van der Waals surface area contributed by atoms with Gasteiger partial charge in [-0.3, -0.25) is 4.81 Å². The summed E-state index contributed by atoms with van der Waals surface area (Å²) in [5.41, 5.74) is -0.399. The van der Waals surface area contributed by atoms with E-state index in [4.69, 9.17) is 9.31 Å². The van der Waals surface area contributed by atoms with E-state index in [1.807, 2.05) is 0 Å². The maximum absolute atomic E-state index is 6.01. The third-order valence-electron chi connectivity index (χ3n) is 3.93. The van der Waals surface area contributed by atoms with Crippen LogP contribution in [0.2, 0.25) is 0 Å². The monoisotopic (exact) mass is 211 g/mol. The molecule has 15 heavy (non-hydrogen) atoms. The maximum atomic E-state index is 6.01. The van der Waals surface area contributed by atoms with Gasteiger partial charge in [-0.2, -0.15) is 0 Å². The predicted molar refractivity (Wildman–Crippen MR) is 61.5 cm³/mol. The molecule has 2 fully saturated rings. The number of piperidine rings is 1. The van der Waals surface area contributed by atoms with Gasteiger partial charge in [-0.1, -0.05) is 6.42 Å². The summed E-state index contributed by atoms with van der Waals surface area (Å²) in [7, 11) is -0.129. The molecule has 4 heteroatoms. The summed E-state index contributed by atoms with van der Waals surface area (Å²) >= 11 is 0. The molecule has 0 bridgehead atoms. The highest BCUT2D eigenvalue weighted by Gasteiger charge is 2.53. The van der Waals surface area contributed by atoms with Crippen LogP contribution in [0, 0.1) is 0 Å². The summed E-state index contributed by atoms with van der Waals surface area (Å²) in [5.74, 6) is 0. The van der Waals surface area contributed by atoms with Gasteiger partial charge in [-0.25, -0.2) is 0 Å². The van der Waals surface area contributed by atoms with E-state index in [0.29, 0.717) is 0 Å². The van der Waals surface area contributed by atoms with Crippen molar-refractivity contribution >= 4 is 7.25 Å². The molecule has 0 N–H and O–H groups in total. The minimum Gasteiger partial charge on any atom is -0.389 e. The molecule has 0 aromatic carbocycles. The molecule has 2 rings (SSSR count). The molecule has 3 nitrogen and oxygen atoms in total. The Kier molecular flexibility index (Phi) is 2.86. The molecule has 86 valence electrons. The predicted octanol–water partition coefficient (Wildman–Crippen LogP) is 2.06. The zero-order valence-electron chi connectivity index (χ0n) is 10.4. The zero-order valence-corrected chi connectivity index (χ0v) is 10.4. The number of rotatable bonds is 1. The van der Waals surface area contributed by atoms with Gasteiger partial charge in [0.05, 0.1) is 11.2 Å². The van der Waals surface area contributed by atoms with E-state index >= 15 is 0 Å². The van der Waals surface area contributed by atoms with Gasteiger partial charge in [0.15, 0.2) is 0 Å². The normalized spacial score (nSPS) is 30.8. The van der Waals surface area contributed by atoms with Crippen LogP contribution in [0.5, 0.6) is 0 Å². The molecule has 0 unspecified atom stereocenters. The molecule has 0 amide bonds. The van der Waals surface area contributed by atoms with Crippen molar-refractivity contribution in [2.75, 3.05) is 13.1 Å². The molecule has 2 heterocycles. The van der Waals surface area contributed by atoms with E-state index in [-0.39, 0.29) is 18.5 Å². The van der Waals surface area contributed by atoms with Crippen LogP contribution in [0.4, 0.5) is 0 Å². The van der Waals surface area contributed by atoms with Gasteiger partial charge >= 0.3 is 7.25 Å². The molecule has 0 saturated carbocycles. The first-order valence-electron chi connectivity index (χ1n) is 6.02. The summed E-state index contributed by atoms with van der Waals surface area (Å²) in [6.45, 7) is 10.6. The lowest BCUT2D eigenvalue weighted by Gasteiger charge is -2.32. The third kappa shape index (κ3) is 2.08. The first-order valence-corrected chi connectivity index (χ1v) is 6.02. The Hall–Kier alpha value is -0.0551. The Morgan fingerprint density at radius 3 is 1.80 bits per heavy atom. The standard InChI is InChI=1S/C11H22BNO2/c1-10(2)11(3,4)15-12(14-10)13-8-6-5-7-9-13/h5-9H2,1-4H3. The SMILES string of the molecule is CC1(C)OB(N2CCCCC2)OC1(C)C. The summed E-state index contributed by atoms with van der Waals surface area (Å²) in [5, 5.41) is 0. The molecular weight excluding hydrogens is 189 g/mol. The smallest absolute Gasteiger partial charge is 0.389 e. The van der Waals surface area contributed by atoms with Crippen molar-refractivity contribution in [3.8, 4) is 0 Å². The highest BCUT2D eigenvalue weighted by Crippen LogP contribution is 2.37. The van der Waals surface area contributed by atoms with Crippen LogP contribution in [0.1, 0.15) is 47.0 Å². The molecule has 0 aromatic rings. The minimum absolute atomic E-state index is 0.129. The lowest BCUT2D eigenvalue weighted by atomic mass is 9.90. The van der Waals surface area contributed by atoms with Crippen molar-refractivity contribution in [1.82, 2.24) is 4.81 Å². The average molecular weight is 211 g/mol. The second-order valence-corrected chi connectivity index (χ2v) is 5.66. The fourth-order valence-corrected chi connectivity index (χ4v) is 2.09. The second-order valence-electron chi connectivity index (χ2n) is 5.66. The average Bonchev–Trinajstić information content (AvgIpc) is 2.38. The van der Waals surface area contributed by atoms with E-state index in [0.717, 1.165) is 13.1 Å². The van der Waals surface area contributed by atoms with E-state index in [1.54, 1.807) is 0 Å². The minimum atomic E-state index is -0.199. The van der Waals surface area contributed by atoms with E-state index in [2.05, 4.69) is 32.5 Å². The first kappa shape index (κ1) is 11.4. The largest absolute Gasteiger partial charge is 0.558 e. The molecule has 0 radical (unpaired) electrons. The van der Waals surface area contributed by atoms with E-state index in [1.165, 1.54) is 19.3 Å². The Balaban J connectivity index is 2.02. The van der Waals surface area contributed by atoms with Crippen LogP contribution in [-0.4, -0.2) is 36.4 Å². The molecule has 2 saturated heterocycles. The fourth-order valence-electron chi connectivity index (χ4n) is 2.09. The van der Waals surface area contributed by atoms with Crippen molar-refractivity contribution in [3.05, 3.63) is 0 Å². The Morgan fingerprint density at radius 2 is 1.33 bits per heavy atom. The van der Waals surface area contributed by atoms with Gasteiger partial charge in [0.25, 0.3) is 0 Å². The van der Waals surface area contributed by atoms with Crippen LogP contribution >= 0.6 is 0 Å². The van der Waals surface area contributed by atoms with Crippen molar-refractivity contribution in [2.24, 2.45) is 0 Å². The second kappa shape index (κ2) is 3.76. The van der Waals surface area contributed by atoms with Crippen LogP contribution in [0.25, 0.3) is 0 Å². The molecule has 2 aliphatic heterocycles. The lowest BCUT2D eigenvalue weighted by molar-refractivity contribution is 0.00578. The quantitative estimate of drug-likeness (QED) is 0.619. The summed E-state index contributed by atoms with van der Waals surface area (Å²) in [4.78, 5) is 2.32. The fraction of sp³-hybridized carbons (Fsp3) is 1.00. The maximum Gasteiger partial charge on any atom is 0.558 e. The van der Waals surface area contributed by atoms with Crippen LogP contribution < -0.4 is 0 Å². The molecule has 0 spiro atoms. The van der Waals surface area contributed by atoms with Crippen LogP contribution in [0.3, 0.4) is 0 Å². The van der Waals surface area contributed by atoms with Crippen molar-refractivity contribution in [1.29, 1.82) is 0 Å². The molecule has 0 aromatic heterocycles.